The van der Waals surface area contributed by atoms with Crippen molar-refractivity contribution in [1.82, 2.24) is 0 Å². The second-order valence-electron chi connectivity index (χ2n) is 5.31. The zero-order valence-electron chi connectivity index (χ0n) is 11.0. The van der Waals surface area contributed by atoms with Crippen LogP contribution in [0.1, 0.15) is 44.1 Å². The van der Waals surface area contributed by atoms with E-state index >= 15 is 0 Å². The number of hydrogen-bond donors (Lipinski definition) is 2. The number of nitriles is 1. The standard InChI is InChI=1S/C15H19N3O/c16-11-12-6-2-3-7-13(12)18-14(19)10-15(17)8-4-1-5-9-15/h2-3,6-7H,1,4-5,8-10,17H2,(H,18,19). The topological polar surface area (TPSA) is 78.9 Å². The van der Waals surface area contributed by atoms with E-state index in [0.717, 1.165) is 25.7 Å². The van der Waals surface area contributed by atoms with Gasteiger partial charge in [-0.3, -0.25) is 4.79 Å². The molecule has 0 unspecified atom stereocenters. The van der Waals surface area contributed by atoms with Crippen LogP contribution in [0, 0.1) is 11.3 Å². The van der Waals surface area contributed by atoms with Gasteiger partial charge in [-0.05, 0) is 25.0 Å². The van der Waals surface area contributed by atoms with Gasteiger partial charge >= 0.3 is 0 Å². The van der Waals surface area contributed by atoms with Crippen molar-refractivity contribution in [2.75, 3.05) is 5.32 Å². The molecule has 0 aliphatic heterocycles. The molecule has 1 fully saturated rings. The van der Waals surface area contributed by atoms with Crippen LogP contribution in [0.5, 0.6) is 0 Å². The summed E-state index contributed by atoms with van der Waals surface area (Å²) in [5.74, 6) is -0.105. The van der Waals surface area contributed by atoms with E-state index in [2.05, 4.69) is 11.4 Å². The molecule has 1 amide bonds. The number of rotatable bonds is 3. The average Bonchev–Trinajstić information content (AvgIpc) is 2.39. The minimum atomic E-state index is -0.371. The van der Waals surface area contributed by atoms with Crippen LogP contribution in [0.15, 0.2) is 24.3 Å². The molecule has 4 nitrogen and oxygen atoms in total. The van der Waals surface area contributed by atoms with Crippen molar-refractivity contribution in [2.24, 2.45) is 5.73 Å². The molecule has 1 aromatic rings. The van der Waals surface area contributed by atoms with Crippen LogP contribution in [0.2, 0.25) is 0 Å². The highest BCUT2D eigenvalue weighted by Crippen LogP contribution is 2.29. The number of nitrogens with one attached hydrogen (secondary N) is 1. The second kappa shape index (κ2) is 5.85. The Kier molecular flexibility index (Phi) is 4.18. The highest BCUT2D eigenvalue weighted by Gasteiger charge is 2.30. The summed E-state index contributed by atoms with van der Waals surface area (Å²) in [5, 5.41) is 11.8. The minimum absolute atomic E-state index is 0.105. The molecule has 1 aliphatic carbocycles. The number of anilines is 1. The molecule has 1 aliphatic rings. The maximum atomic E-state index is 12.1. The predicted molar refractivity (Wildman–Crippen MR) is 74.4 cm³/mol. The summed E-state index contributed by atoms with van der Waals surface area (Å²) in [7, 11) is 0. The lowest BCUT2D eigenvalue weighted by Gasteiger charge is -2.32. The van der Waals surface area contributed by atoms with Crippen molar-refractivity contribution in [3.05, 3.63) is 29.8 Å². The summed E-state index contributed by atoms with van der Waals surface area (Å²) in [6, 6.07) is 9.07. The first kappa shape index (κ1) is 13.6. The van der Waals surface area contributed by atoms with Crippen molar-refractivity contribution in [3.8, 4) is 6.07 Å². The first-order valence-electron chi connectivity index (χ1n) is 6.71. The molecule has 0 radical (unpaired) electrons. The van der Waals surface area contributed by atoms with E-state index in [0.29, 0.717) is 17.7 Å². The molecule has 19 heavy (non-hydrogen) atoms. The van der Waals surface area contributed by atoms with Crippen LogP contribution in [0.3, 0.4) is 0 Å². The van der Waals surface area contributed by atoms with E-state index < -0.39 is 0 Å². The number of hydrogen-bond acceptors (Lipinski definition) is 3. The van der Waals surface area contributed by atoms with Gasteiger partial charge in [0.1, 0.15) is 6.07 Å². The Labute approximate surface area is 113 Å². The number of amides is 1. The summed E-state index contributed by atoms with van der Waals surface area (Å²) in [6.45, 7) is 0. The summed E-state index contributed by atoms with van der Waals surface area (Å²) < 4.78 is 0. The number of nitrogens with zero attached hydrogens (tertiary/aromatic N) is 1. The van der Waals surface area contributed by atoms with E-state index in [-0.39, 0.29) is 11.4 Å². The van der Waals surface area contributed by atoms with Crippen LogP contribution in [0.25, 0.3) is 0 Å². The fourth-order valence-electron chi connectivity index (χ4n) is 2.64. The zero-order valence-corrected chi connectivity index (χ0v) is 11.0. The van der Waals surface area contributed by atoms with Crippen LogP contribution in [-0.4, -0.2) is 11.4 Å². The Morgan fingerprint density at radius 2 is 2.00 bits per heavy atom. The van der Waals surface area contributed by atoms with Crippen LogP contribution >= 0.6 is 0 Å². The fourth-order valence-corrected chi connectivity index (χ4v) is 2.64. The maximum Gasteiger partial charge on any atom is 0.226 e. The zero-order chi connectivity index (χ0) is 13.7. The van der Waals surface area contributed by atoms with Crippen molar-refractivity contribution < 1.29 is 4.79 Å². The van der Waals surface area contributed by atoms with Crippen LogP contribution in [0.4, 0.5) is 5.69 Å². The van der Waals surface area contributed by atoms with Crippen LogP contribution in [-0.2, 0) is 4.79 Å². The fraction of sp³-hybridized carbons (Fsp3) is 0.467. The Balaban J connectivity index is 1.99. The van der Waals surface area contributed by atoms with Gasteiger partial charge in [0.2, 0.25) is 5.91 Å². The first-order chi connectivity index (χ1) is 9.13. The molecule has 3 N–H and O–H groups in total. The molecule has 0 atom stereocenters. The van der Waals surface area contributed by atoms with Gasteiger partial charge in [-0.2, -0.15) is 5.26 Å². The smallest absolute Gasteiger partial charge is 0.226 e. The molecule has 4 heteroatoms. The molecule has 1 aromatic carbocycles. The number of carbonyl (C=O) groups excluding carboxylic acids is 1. The van der Waals surface area contributed by atoms with Crippen LogP contribution < -0.4 is 11.1 Å². The van der Waals surface area contributed by atoms with Gasteiger partial charge in [-0.25, -0.2) is 0 Å². The highest BCUT2D eigenvalue weighted by atomic mass is 16.1. The molecule has 1 saturated carbocycles. The molecular formula is C15H19N3O. The van der Waals surface area contributed by atoms with Crippen molar-refractivity contribution in [2.45, 2.75) is 44.1 Å². The Hall–Kier alpha value is -1.86. The van der Waals surface area contributed by atoms with Crippen molar-refractivity contribution in [1.29, 1.82) is 5.26 Å². The van der Waals surface area contributed by atoms with Gasteiger partial charge in [0.15, 0.2) is 0 Å². The number of benzene rings is 1. The largest absolute Gasteiger partial charge is 0.325 e. The van der Waals surface area contributed by atoms with Gasteiger partial charge in [0.25, 0.3) is 0 Å². The minimum Gasteiger partial charge on any atom is -0.325 e. The third-order valence-corrected chi connectivity index (χ3v) is 3.68. The molecule has 0 saturated heterocycles. The average molecular weight is 257 g/mol. The van der Waals surface area contributed by atoms with E-state index in [1.165, 1.54) is 6.42 Å². The van der Waals surface area contributed by atoms with Gasteiger partial charge in [-0.1, -0.05) is 31.4 Å². The van der Waals surface area contributed by atoms with Gasteiger partial charge in [-0.15, -0.1) is 0 Å². The van der Waals surface area contributed by atoms with E-state index in [4.69, 9.17) is 11.0 Å². The Morgan fingerprint density at radius 3 is 2.68 bits per heavy atom. The number of nitrogens with two attached hydrogens (primary N) is 1. The van der Waals surface area contributed by atoms with Gasteiger partial charge < -0.3 is 11.1 Å². The lowest BCUT2D eigenvalue weighted by Crippen LogP contribution is -2.44. The second-order valence-corrected chi connectivity index (χ2v) is 5.31. The maximum absolute atomic E-state index is 12.1. The molecule has 0 aromatic heterocycles. The third-order valence-electron chi connectivity index (χ3n) is 3.68. The lowest BCUT2D eigenvalue weighted by atomic mass is 9.80. The van der Waals surface area contributed by atoms with Gasteiger partial charge in [0, 0.05) is 12.0 Å². The Morgan fingerprint density at radius 1 is 1.32 bits per heavy atom. The first-order valence-corrected chi connectivity index (χ1v) is 6.71. The molecule has 2 rings (SSSR count). The summed E-state index contributed by atoms with van der Waals surface area (Å²) in [5.41, 5.74) is 6.93. The normalized spacial score (nSPS) is 17.5. The molecule has 0 spiro atoms. The number of para-hydroxylation sites is 1. The highest BCUT2D eigenvalue weighted by molar-refractivity contribution is 5.92. The predicted octanol–water partition coefficient (Wildman–Crippen LogP) is 2.55. The van der Waals surface area contributed by atoms with E-state index in [9.17, 15) is 4.79 Å². The molecule has 100 valence electrons. The summed E-state index contributed by atoms with van der Waals surface area (Å²) >= 11 is 0. The Bertz CT molecular complexity index is 498. The summed E-state index contributed by atoms with van der Waals surface area (Å²) in [6.07, 6.45) is 5.53. The van der Waals surface area contributed by atoms with E-state index in [1.54, 1.807) is 24.3 Å². The SMILES string of the molecule is N#Cc1ccccc1NC(=O)CC1(N)CCCCC1. The molecular weight excluding hydrogens is 238 g/mol. The number of carbonyl (C=O) groups is 1. The quantitative estimate of drug-likeness (QED) is 0.873. The monoisotopic (exact) mass is 257 g/mol. The van der Waals surface area contributed by atoms with E-state index in [1.807, 2.05) is 0 Å². The molecule has 0 bridgehead atoms. The third kappa shape index (κ3) is 3.55. The van der Waals surface area contributed by atoms with Gasteiger partial charge in [0.05, 0.1) is 11.3 Å². The van der Waals surface area contributed by atoms with Crippen molar-refractivity contribution in [3.63, 3.8) is 0 Å². The summed E-state index contributed by atoms with van der Waals surface area (Å²) in [4.78, 5) is 12.1. The molecule has 0 heterocycles. The lowest BCUT2D eigenvalue weighted by molar-refractivity contribution is -0.117. The van der Waals surface area contributed by atoms with Crippen molar-refractivity contribution >= 4 is 11.6 Å².